The summed E-state index contributed by atoms with van der Waals surface area (Å²) in [6.07, 6.45) is 0. The van der Waals surface area contributed by atoms with Gasteiger partial charge in [-0.25, -0.2) is 9.59 Å². The van der Waals surface area contributed by atoms with Gasteiger partial charge in [-0.05, 0) is 56.2 Å². The second kappa shape index (κ2) is 13.6. The summed E-state index contributed by atoms with van der Waals surface area (Å²) >= 11 is 14.8. The summed E-state index contributed by atoms with van der Waals surface area (Å²) in [4.78, 5) is 22.8. The summed E-state index contributed by atoms with van der Waals surface area (Å²) in [6.45, 7) is 6.15. The summed E-state index contributed by atoms with van der Waals surface area (Å²) in [7, 11) is 0. The largest absolute Gasteiger partial charge is 0.462 e. The fraction of sp³-hybridized carbons (Fsp3) is 0.333. The van der Waals surface area contributed by atoms with Gasteiger partial charge in [-0.1, -0.05) is 58.7 Å². The summed E-state index contributed by atoms with van der Waals surface area (Å²) in [5.74, 6) is -0.646. The average molecular weight is 492 g/mol. The van der Waals surface area contributed by atoms with E-state index >= 15 is 0 Å². The van der Waals surface area contributed by atoms with E-state index < -0.39 is 0 Å². The number of rotatable bonds is 5. The van der Waals surface area contributed by atoms with E-state index in [9.17, 15) is 9.59 Å². The third-order valence-electron chi connectivity index (χ3n) is 3.41. The van der Waals surface area contributed by atoms with Crippen LogP contribution in [-0.2, 0) is 14.8 Å². The number of benzene rings is 2. The Kier molecular flexibility index (Phi) is 12.8. The summed E-state index contributed by atoms with van der Waals surface area (Å²) in [6, 6.07) is 10.4. The van der Waals surface area contributed by atoms with Crippen molar-refractivity contribution in [3.05, 3.63) is 68.7 Å². The second-order valence-corrected chi connectivity index (χ2v) is 6.77. The molecule has 0 atom stereocenters. The molecule has 0 aliphatic carbocycles. The minimum Gasteiger partial charge on any atom is -0.462 e. The molecule has 0 aromatic heterocycles. The van der Waals surface area contributed by atoms with Crippen LogP contribution in [0.15, 0.2) is 36.4 Å². The first-order valence-electron chi connectivity index (χ1n) is 8.28. The van der Waals surface area contributed by atoms with Gasteiger partial charge >= 0.3 is 11.9 Å². The van der Waals surface area contributed by atoms with Gasteiger partial charge in [0.05, 0.1) is 24.3 Å². The Balaban J connectivity index is 0.000000504. The van der Waals surface area contributed by atoms with Gasteiger partial charge in [-0.2, -0.15) is 0 Å². The normalized spacial score (nSPS) is 9.50. The number of halogens is 3. The number of esters is 2. The lowest BCUT2D eigenvalue weighted by Gasteiger charge is -2.06. The number of hydrogen-bond acceptors (Lipinski definition) is 4. The molecular weight excluding hydrogens is 467 g/mol. The quantitative estimate of drug-likeness (QED) is 0.338. The Morgan fingerprint density at radius 1 is 0.893 bits per heavy atom. The predicted molar refractivity (Wildman–Crippen MR) is 119 cm³/mol. The Morgan fingerprint density at radius 3 is 1.86 bits per heavy atom. The molecule has 154 valence electrons. The van der Waals surface area contributed by atoms with Crippen molar-refractivity contribution in [2.75, 3.05) is 13.2 Å². The van der Waals surface area contributed by atoms with Crippen molar-refractivity contribution >= 4 is 51.1 Å². The van der Waals surface area contributed by atoms with Gasteiger partial charge in [-0.3, -0.25) is 0 Å². The second-order valence-electron chi connectivity index (χ2n) is 5.34. The average Bonchev–Trinajstić information content (AvgIpc) is 2.64. The highest BCUT2D eigenvalue weighted by Crippen LogP contribution is 2.19. The number of hydrogen-bond donors (Lipinski definition) is 0. The molecule has 28 heavy (non-hydrogen) atoms. The number of aryl methyl sites for hydroxylation is 1. The molecule has 4 nitrogen and oxygen atoms in total. The van der Waals surface area contributed by atoms with Crippen molar-refractivity contribution in [3.63, 3.8) is 0 Å². The number of carbonyl (C=O) groups is 2. The van der Waals surface area contributed by atoms with Crippen LogP contribution in [0, 0.1) is 6.92 Å². The SMILES string of the molecule is C.CCOC(=O)c1cc(Cl)ccc1C.CCOC(=O)c1cc(Cl)ccc1CBr. The van der Waals surface area contributed by atoms with Crippen molar-refractivity contribution in [1.29, 1.82) is 0 Å². The highest BCUT2D eigenvalue weighted by Gasteiger charge is 2.12. The molecule has 0 fully saturated rings. The Morgan fingerprint density at radius 2 is 1.36 bits per heavy atom. The monoisotopic (exact) mass is 490 g/mol. The first-order valence-corrected chi connectivity index (χ1v) is 10.2. The van der Waals surface area contributed by atoms with Gasteiger partial charge in [-0.15, -0.1) is 0 Å². The maximum absolute atomic E-state index is 11.5. The Bertz CT molecular complexity index is 794. The zero-order chi connectivity index (χ0) is 20.4. The Labute approximate surface area is 185 Å². The molecule has 0 N–H and O–H groups in total. The molecule has 0 heterocycles. The lowest BCUT2D eigenvalue weighted by molar-refractivity contribution is 0.0515. The Hall–Kier alpha value is -1.56. The molecule has 7 heteroatoms. The molecular formula is C21H25BrCl2O4. The number of alkyl halides is 1. The van der Waals surface area contributed by atoms with Crippen molar-refractivity contribution in [1.82, 2.24) is 0 Å². The molecule has 0 aliphatic rings. The van der Waals surface area contributed by atoms with Crippen LogP contribution in [0.3, 0.4) is 0 Å². The maximum Gasteiger partial charge on any atom is 0.338 e. The molecule has 2 rings (SSSR count). The van der Waals surface area contributed by atoms with Crippen molar-refractivity contribution in [2.45, 2.75) is 33.5 Å². The fourth-order valence-electron chi connectivity index (χ4n) is 2.09. The van der Waals surface area contributed by atoms with E-state index in [0.29, 0.717) is 39.7 Å². The van der Waals surface area contributed by atoms with Gasteiger partial charge in [0.15, 0.2) is 0 Å². The standard InChI is InChI=1S/C10H10BrClO2.C10H11ClO2.CH4/c1-2-14-10(13)9-5-8(12)4-3-7(9)6-11;1-3-13-10(12)9-6-8(11)5-4-7(9)2;/h3-5H,2,6H2,1H3;4-6H,3H2,1-2H3;1H4. The van der Waals surface area contributed by atoms with Crippen LogP contribution in [-0.4, -0.2) is 25.2 Å². The molecule has 0 saturated heterocycles. The van der Waals surface area contributed by atoms with Crippen molar-refractivity contribution in [3.8, 4) is 0 Å². The molecule has 0 saturated carbocycles. The fourth-order valence-corrected chi connectivity index (χ4v) is 2.92. The highest BCUT2D eigenvalue weighted by molar-refractivity contribution is 9.08. The van der Waals surface area contributed by atoms with Gasteiger partial charge < -0.3 is 9.47 Å². The van der Waals surface area contributed by atoms with Gasteiger partial charge in [0.25, 0.3) is 0 Å². The van der Waals surface area contributed by atoms with Crippen molar-refractivity contribution in [2.24, 2.45) is 0 Å². The minimum absolute atomic E-state index is 0. The topological polar surface area (TPSA) is 52.6 Å². The van der Waals surface area contributed by atoms with Crippen LogP contribution in [0.25, 0.3) is 0 Å². The summed E-state index contributed by atoms with van der Waals surface area (Å²) < 4.78 is 9.77. The summed E-state index contributed by atoms with van der Waals surface area (Å²) in [5.41, 5.74) is 2.82. The summed E-state index contributed by atoms with van der Waals surface area (Å²) in [5, 5.41) is 1.70. The van der Waals surface area contributed by atoms with Crippen LogP contribution >= 0.6 is 39.1 Å². The van der Waals surface area contributed by atoms with Crippen LogP contribution in [0.5, 0.6) is 0 Å². The van der Waals surface area contributed by atoms with E-state index in [4.69, 9.17) is 32.7 Å². The van der Waals surface area contributed by atoms with E-state index in [1.54, 1.807) is 44.2 Å². The van der Waals surface area contributed by atoms with Gasteiger partial charge in [0, 0.05) is 15.4 Å². The van der Waals surface area contributed by atoms with E-state index in [0.717, 1.165) is 11.1 Å². The molecule has 0 amide bonds. The van der Waals surface area contributed by atoms with E-state index in [1.165, 1.54) is 0 Å². The molecule has 2 aromatic rings. The van der Waals surface area contributed by atoms with Gasteiger partial charge in [0.2, 0.25) is 0 Å². The van der Waals surface area contributed by atoms with Crippen molar-refractivity contribution < 1.29 is 19.1 Å². The number of ether oxygens (including phenoxy) is 2. The van der Waals surface area contributed by atoms with E-state index in [2.05, 4.69) is 15.9 Å². The number of carbonyl (C=O) groups excluding carboxylic acids is 2. The van der Waals surface area contributed by atoms with Crippen LogP contribution in [0.1, 0.15) is 53.1 Å². The first-order chi connectivity index (χ1) is 12.8. The predicted octanol–water partition coefficient (Wildman–Crippen LogP) is 6.87. The smallest absolute Gasteiger partial charge is 0.338 e. The molecule has 0 aliphatic heterocycles. The van der Waals surface area contributed by atoms with Crippen LogP contribution in [0.2, 0.25) is 10.0 Å². The lowest BCUT2D eigenvalue weighted by Crippen LogP contribution is -2.07. The van der Waals surface area contributed by atoms with E-state index in [1.807, 2.05) is 13.0 Å². The molecule has 0 radical (unpaired) electrons. The minimum atomic E-state index is -0.329. The zero-order valence-electron chi connectivity index (χ0n) is 15.4. The third kappa shape index (κ3) is 8.21. The maximum atomic E-state index is 11.5. The first kappa shape index (κ1) is 26.4. The molecule has 2 aromatic carbocycles. The van der Waals surface area contributed by atoms with E-state index in [-0.39, 0.29) is 19.4 Å². The van der Waals surface area contributed by atoms with Crippen LogP contribution < -0.4 is 0 Å². The molecule has 0 spiro atoms. The molecule has 0 bridgehead atoms. The molecule has 0 unspecified atom stereocenters. The van der Waals surface area contributed by atoms with Gasteiger partial charge in [0.1, 0.15) is 0 Å². The third-order valence-corrected chi connectivity index (χ3v) is 4.48. The lowest BCUT2D eigenvalue weighted by atomic mass is 10.1. The van der Waals surface area contributed by atoms with Crippen LogP contribution in [0.4, 0.5) is 0 Å². The zero-order valence-corrected chi connectivity index (χ0v) is 18.5. The highest BCUT2D eigenvalue weighted by atomic mass is 79.9.